The Balaban J connectivity index is 2.64. The minimum absolute atomic E-state index is 0.625. The lowest BCUT2D eigenvalue weighted by Crippen LogP contribution is -2.07. The van der Waals surface area contributed by atoms with E-state index in [0.29, 0.717) is 5.92 Å². The Morgan fingerprint density at radius 3 is 2.44 bits per heavy atom. The van der Waals surface area contributed by atoms with Crippen LogP contribution in [0.1, 0.15) is 30.2 Å². The number of hydrogen-bond acceptors (Lipinski definition) is 2. The van der Waals surface area contributed by atoms with Crippen molar-refractivity contribution in [2.45, 2.75) is 26.7 Å². The van der Waals surface area contributed by atoms with Crippen LogP contribution < -0.4 is 4.90 Å². The average molecular weight is 233 g/mol. The molecule has 16 heavy (non-hydrogen) atoms. The van der Waals surface area contributed by atoms with Gasteiger partial charge in [-0.2, -0.15) is 0 Å². The molecule has 0 amide bonds. The normalized spacial score (nSPS) is 11.4. The highest BCUT2D eigenvalue weighted by Gasteiger charge is 2.11. The summed E-state index contributed by atoms with van der Waals surface area (Å²) < 4.78 is 1.41. The number of rotatable bonds is 2. The molecule has 2 aromatic rings. The van der Waals surface area contributed by atoms with Crippen LogP contribution in [-0.2, 0) is 0 Å². The van der Waals surface area contributed by atoms with Gasteiger partial charge in [0, 0.05) is 29.4 Å². The lowest BCUT2D eigenvalue weighted by atomic mass is 10.1. The van der Waals surface area contributed by atoms with Crippen LogP contribution in [0.15, 0.2) is 18.2 Å². The van der Waals surface area contributed by atoms with Crippen LogP contribution in [0.5, 0.6) is 0 Å². The van der Waals surface area contributed by atoms with Gasteiger partial charge in [0.1, 0.15) is 0 Å². The minimum atomic E-state index is 0.625. The third kappa shape index (κ3) is 1.82. The van der Waals surface area contributed by atoms with Gasteiger partial charge in [-0.15, -0.1) is 11.3 Å². The van der Waals surface area contributed by atoms with E-state index >= 15 is 0 Å². The number of benzene rings is 1. The second-order valence-corrected chi connectivity index (χ2v) is 5.90. The van der Waals surface area contributed by atoms with Crippen molar-refractivity contribution in [3.05, 3.63) is 28.6 Å². The molecule has 2 heteroatoms. The molecule has 0 radical (unpaired) electrons. The van der Waals surface area contributed by atoms with Crippen LogP contribution in [0.4, 0.5) is 5.69 Å². The van der Waals surface area contributed by atoms with Crippen LogP contribution in [-0.4, -0.2) is 14.1 Å². The van der Waals surface area contributed by atoms with E-state index in [0.717, 1.165) is 0 Å². The number of anilines is 1. The Morgan fingerprint density at radius 2 is 1.88 bits per heavy atom. The Hall–Kier alpha value is -1.02. The van der Waals surface area contributed by atoms with Crippen molar-refractivity contribution in [2.24, 2.45) is 0 Å². The number of aryl methyl sites for hydroxylation is 1. The van der Waals surface area contributed by atoms with Crippen molar-refractivity contribution in [1.29, 1.82) is 0 Å². The monoisotopic (exact) mass is 233 g/mol. The Labute approximate surface area is 102 Å². The average Bonchev–Trinajstić information content (AvgIpc) is 2.56. The van der Waals surface area contributed by atoms with E-state index in [2.05, 4.69) is 58.0 Å². The number of thiophene rings is 1. The number of nitrogens with zero attached hydrogens (tertiary/aromatic N) is 1. The largest absolute Gasteiger partial charge is 0.378 e. The Kier molecular flexibility index (Phi) is 2.94. The molecular weight excluding hydrogens is 214 g/mol. The summed E-state index contributed by atoms with van der Waals surface area (Å²) in [7, 11) is 4.18. The summed E-state index contributed by atoms with van der Waals surface area (Å²) in [4.78, 5) is 3.68. The van der Waals surface area contributed by atoms with Gasteiger partial charge in [-0.05, 0) is 42.0 Å². The zero-order valence-corrected chi connectivity index (χ0v) is 11.5. The smallest absolute Gasteiger partial charge is 0.0368 e. The summed E-state index contributed by atoms with van der Waals surface area (Å²) in [5.74, 6) is 0.625. The number of hydrogen-bond donors (Lipinski definition) is 0. The summed E-state index contributed by atoms with van der Waals surface area (Å²) in [5, 5.41) is 1.42. The molecule has 2 rings (SSSR count). The molecule has 0 fully saturated rings. The minimum Gasteiger partial charge on any atom is -0.378 e. The summed E-state index contributed by atoms with van der Waals surface area (Å²) in [5.41, 5.74) is 2.74. The third-order valence-corrected chi connectivity index (χ3v) is 4.57. The summed E-state index contributed by atoms with van der Waals surface area (Å²) in [6.45, 7) is 6.78. The molecule has 0 spiro atoms. The fraction of sp³-hybridized carbons (Fsp3) is 0.429. The first-order chi connectivity index (χ1) is 7.50. The fourth-order valence-corrected chi connectivity index (χ4v) is 3.25. The van der Waals surface area contributed by atoms with Crippen LogP contribution in [0.25, 0.3) is 10.1 Å². The standard InChI is InChI=1S/C14H19NS/c1-9(2)14-10(3)12-8-11(15(4)5)6-7-13(12)16-14/h6-9H,1-5H3. The first-order valence-corrected chi connectivity index (χ1v) is 6.52. The fourth-order valence-electron chi connectivity index (χ4n) is 2.06. The molecule has 0 bridgehead atoms. The molecule has 0 aliphatic rings. The highest BCUT2D eigenvalue weighted by molar-refractivity contribution is 7.19. The predicted molar refractivity (Wildman–Crippen MR) is 75.0 cm³/mol. The first-order valence-electron chi connectivity index (χ1n) is 5.71. The van der Waals surface area contributed by atoms with E-state index in [-0.39, 0.29) is 0 Å². The van der Waals surface area contributed by atoms with E-state index in [9.17, 15) is 0 Å². The zero-order chi connectivity index (χ0) is 11.9. The second kappa shape index (κ2) is 4.10. The molecule has 0 N–H and O–H groups in total. The maximum atomic E-state index is 2.30. The molecule has 86 valence electrons. The van der Waals surface area contributed by atoms with E-state index < -0.39 is 0 Å². The first kappa shape index (κ1) is 11.5. The molecule has 0 saturated carbocycles. The zero-order valence-electron chi connectivity index (χ0n) is 10.7. The molecule has 0 atom stereocenters. The van der Waals surface area contributed by atoms with E-state index in [1.807, 2.05) is 11.3 Å². The molecule has 1 heterocycles. The maximum absolute atomic E-state index is 2.30. The summed E-state index contributed by atoms with van der Waals surface area (Å²) in [6.07, 6.45) is 0. The quantitative estimate of drug-likeness (QED) is 0.743. The molecule has 1 aromatic heterocycles. The molecule has 1 nitrogen and oxygen atoms in total. The molecule has 0 unspecified atom stereocenters. The molecule has 0 aliphatic carbocycles. The Bertz CT molecular complexity index is 509. The highest BCUT2D eigenvalue weighted by atomic mass is 32.1. The van der Waals surface area contributed by atoms with Gasteiger partial charge in [-0.25, -0.2) is 0 Å². The van der Waals surface area contributed by atoms with Gasteiger partial charge in [0.15, 0.2) is 0 Å². The lowest BCUT2D eigenvalue weighted by Gasteiger charge is -2.12. The van der Waals surface area contributed by atoms with Crippen molar-refractivity contribution in [3.63, 3.8) is 0 Å². The van der Waals surface area contributed by atoms with Gasteiger partial charge >= 0.3 is 0 Å². The van der Waals surface area contributed by atoms with Crippen molar-refractivity contribution >= 4 is 27.1 Å². The SMILES string of the molecule is Cc1c(C(C)C)sc2ccc(N(C)C)cc12. The van der Waals surface area contributed by atoms with Crippen molar-refractivity contribution in [3.8, 4) is 0 Å². The summed E-state index contributed by atoms with van der Waals surface area (Å²) in [6, 6.07) is 6.74. The van der Waals surface area contributed by atoms with Gasteiger partial charge in [0.05, 0.1) is 0 Å². The van der Waals surface area contributed by atoms with Crippen LogP contribution in [0, 0.1) is 6.92 Å². The molecule has 1 aromatic carbocycles. The van der Waals surface area contributed by atoms with E-state index in [4.69, 9.17) is 0 Å². The van der Waals surface area contributed by atoms with Crippen molar-refractivity contribution in [1.82, 2.24) is 0 Å². The third-order valence-electron chi connectivity index (χ3n) is 3.00. The number of fused-ring (bicyclic) bond motifs is 1. The van der Waals surface area contributed by atoms with E-state index in [1.54, 1.807) is 0 Å². The van der Waals surface area contributed by atoms with Gasteiger partial charge in [-0.1, -0.05) is 13.8 Å². The van der Waals surface area contributed by atoms with Gasteiger partial charge in [-0.3, -0.25) is 0 Å². The second-order valence-electron chi connectivity index (χ2n) is 4.82. The summed E-state index contributed by atoms with van der Waals surface area (Å²) >= 11 is 1.93. The molecule has 0 saturated heterocycles. The van der Waals surface area contributed by atoms with Gasteiger partial charge in [0.25, 0.3) is 0 Å². The predicted octanol–water partition coefficient (Wildman–Crippen LogP) is 4.40. The van der Waals surface area contributed by atoms with Crippen LogP contribution >= 0.6 is 11.3 Å². The van der Waals surface area contributed by atoms with Crippen LogP contribution in [0.2, 0.25) is 0 Å². The maximum Gasteiger partial charge on any atom is 0.0368 e. The van der Waals surface area contributed by atoms with Crippen molar-refractivity contribution in [2.75, 3.05) is 19.0 Å². The lowest BCUT2D eigenvalue weighted by molar-refractivity contribution is 0.882. The highest BCUT2D eigenvalue weighted by Crippen LogP contribution is 2.36. The molecular formula is C14H19NS. The topological polar surface area (TPSA) is 3.24 Å². The van der Waals surface area contributed by atoms with E-state index in [1.165, 1.54) is 26.2 Å². The Morgan fingerprint density at radius 1 is 1.19 bits per heavy atom. The van der Waals surface area contributed by atoms with Gasteiger partial charge in [0.2, 0.25) is 0 Å². The van der Waals surface area contributed by atoms with Crippen LogP contribution in [0.3, 0.4) is 0 Å². The van der Waals surface area contributed by atoms with Crippen molar-refractivity contribution < 1.29 is 0 Å². The molecule has 0 aliphatic heterocycles. The van der Waals surface area contributed by atoms with Gasteiger partial charge < -0.3 is 4.90 Å².